The molecule has 0 aliphatic carbocycles. The second kappa shape index (κ2) is 7.13. The van der Waals surface area contributed by atoms with Gasteiger partial charge in [-0.05, 0) is 13.3 Å². The quantitative estimate of drug-likeness (QED) is 0.732. The summed E-state index contributed by atoms with van der Waals surface area (Å²) in [6, 6.07) is -0.314. The van der Waals surface area contributed by atoms with Gasteiger partial charge in [0.15, 0.2) is 0 Å². The number of ether oxygens (including phenoxy) is 1. The van der Waals surface area contributed by atoms with Crippen LogP contribution in [0.4, 0.5) is 0 Å². The molecule has 0 spiro atoms. The number of morpholine rings is 1. The Morgan fingerprint density at radius 3 is 2.70 bits per heavy atom. The SMILES string of the molecule is CCC=C(C)C(=O)N1CSCC1C(=O)N1CCOCC1. The first-order valence-electron chi connectivity index (χ1n) is 7.07. The first kappa shape index (κ1) is 15.4. The summed E-state index contributed by atoms with van der Waals surface area (Å²) in [6.45, 7) is 6.28. The minimum atomic E-state index is -0.314. The van der Waals surface area contributed by atoms with E-state index in [0.29, 0.717) is 37.9 Å². The number of hydrogen-bond donors (Lipinski definition) is 0. The molecule has 1 atom stereocenters. The smallest absolute Gasteiger partial charge is 0.250 e. The Bertz CT molecular complexity index is 405. The second-order valence-electron chi connectivity index (χ2n) is 5.02. The van der Waals surface area contributed by atoms with Crippen molar-refractivity contribution in [2.24, 2.45) is 0 Å². The first-order valence-corrected chi connectivity index (χ1v) is 8.22. The summed E-state index contributed by atoms with van der Waals surface area (Å²) in [6.07, 6.45) is 2.75. The van der Waals surface area contributed by atoms with Gasteiger partial charge in [-0.25, -0.2) is 0 Å². The van der Waals surface area contributed by atoms with Gasteiger partial charge in [0.25, 0.3) is 5.91 Å². The molecule has 2 rings (SSSR count). The predicted molar refractivity (Wildman–Crippen MR) is 79.4 cm³/mol. The van der Waals surface area contributed by atoms with Crippen LogP contribution in [0.25, 0.3) is 0 Å². The Balaban J connectivity index is 2.04. The number of amides is 2. The minimum Gasteiger partial charge on any atom is -0.378 e. The van der Waals surface area contributed by atoms with Gasteiger partial charge in [0.2, 0.25) is 5.91 Å². The Kier molecular flexibility index (Phi) is 5.48. The van der Waals surface area contributed by atoms with Gasteiger partial charge in [-0.3, -0.25) is 9.59 Å². The summed E-state index contributed by atoms with van der Waals surface area (Å²) in [5, 5.41) is 0. The molecule has 6 heteroatoms. The molecule has 0 N–H and O–H groups in total. The van der Waals surface area contributed by atoms with Gasteiger partial charge in [0.1, 0.15) is 6.04 Å². The molecule has 2 aliphatic heterocycles. The highest BCUT2D eigenvalue weighted by Gasteiger charge is 2.37. The molecule has 2 fully saturated rings. The summed E-state index contributed by atoms with van der Waals surface area (Å²) in [4.78, 5) is 28.5. The third-order valence-electron chi connectivity index (χ3n) is 3.60. The molecule has 2 saturated heterocycles. The lowest BCUT2D eigenvalue weighted by Gasteiger charge is -2.32. The number of rotatable bonds is 3. The number of thioether (sulfide) groups is 1. The molecule has 0 aromatic rings. The fourth-order valence-electron chi connectivity index (χ4n) is 2.46. The standard InChI is InChI=1S/C14H22N2O3S/c1-3-4-11(2)13(17)16-10-20-9-12(16)14(18)15-5-7-19-8-6-15/h4,12H,3,5-10H2,1-2H3. The van der Waals surface area contributed by atoms with E-state index in [1.807, 2.05) is 24.8 Å². The molecule has 0 radical (unpaired) electrons. The van der Waals surface area contributed by atoms with Crippen LogP contribution in [-0.2, 0) is 14.3 Å². The summed E-state index contributed by atoms with van der Waals surface area (Å²) in [5.41, 5.74) is 0.731. The van der Waals surface area contributed by atoms with Crippen LogP contribution in [0, 0.1) is 0 Å². The molecule has 0 saturated carbocycles. The predicted octanol–water partition coefficient (Wildman–Crippen LogP) is 1.10. The molecule has 20 heavy (non-hydrogen) atoms. The molecule has 0 aromatic carbocycles. The first-order chi connectivity index (χ1) is 9.65. The average molecular weight is 298 g/mol. The van der Waals surface area contributed by atoms with E-state index in [-0.39, 0.29) is 17.9 Å². The molecule has 5 nitrogen and oxygen atoms in total. The minimum absolute atomic E-state index is 0.0107. The number of allylic oxidation sites excluding steroid dienone is 1. The number of carbonyl (C=O) groups excluding carboxylic acids is 2. The van der Waals surface area contributed by atoms with Crippen molar-refractivity contribution in [1.29, 1.82) is 0 Å². The van der Waals surface area contributed by atoms with Gasteiger partial charge in [-0.1, -0.05) is 13.0 Å². The van der Waals surface area contributed by atoms with Gasteiger partial charge in [-0.15, -0.1) is 11.8 Å². The Labute approximate surface area is 124 Å². The Hall–Kier alpha value is -1.01. The molecule has 2 amide bonds. The second-order valence-corrected chi connectivity index (χ2v) is 6.02. The van der Waals surface area contributed by atoms with E-state index < -0.39 is 0 Å². The summed E-state index contributed by atoms with van der Waals surface area (Å²) in [5.74, 6) is 1.36. The zero-order valence-electron chi connectivity index (χ0n) is 12.1. The van der Waals surface area contributed by atoms with Gasteiger partial charge in [0.05, 0.1) is 19.1 Å². The van der Waals surface area contributed by atoms with Crippen LogP contribution in [0.3, 0.4) is 0 Å². The molecule has 2 aliphatic rings. The van der Waals surface area contributed by atoms with Crippen LogP contribution in [0.1, 0.15) is 20.3 Å². The monoisotopic (exact) mass is 298 g/mol. The molecule has 112 valence electrons. The Morgan fingerprint density at radius 1 is 1.35 bits per heavy atom. The lowest BCUT2D eigenvalue weighted by atomic mass is 10.1. The molecule has 0 aromatic heterocycles. The maximum absolute atomic E-state index is 12.5. The lowest BCUT2D eigenvalue weighted by molar-refractivity contribution is -0.144. The van der Waals surface area contributed by atoms with Crippen molar-refractivity contribution >= 4 is 23.6 Å². The van der Waals surface area contributed by atoms with E-state index in [9.17, 15) is 9.59 Å². The normalized spacial score (nSPS) is 24.1. The van der Waals surface area contributed by atoms with Crippen molar-refractivity contribution in [3.8, 4) is 0 Å². The zero-order valence-corrected chi connectivity index (χ0v) is 12.9. The Morgan fingerprint density at radius 2 is 2.05 bits per heavy atom. The van der Waals surface area contributed by atoms with Crippen LogP contribution < -0.4 is 0 Å². The molecule has 2 heterocycles. The van der Waals surface area contributed by atoms with Crippen molar-refractivity contribution in [3.63, 3.8) is 0 Å². The highest BCUT2D eigenvalue weighted by Crippen LogP contribution is 2.24. The van der Waals surface area contributed by atoms with Gasteiger partial charge in [0, 0.05) is 24.4 Å². The summed E-state index contributed by atoms with van der Waals surface area (Å²) in [7, 11) is 0. The van der Waals surface area contributed by atoms with E-state index in [2.05, 4.69) is 0 Å². The number of carbonyl (C=O) groups is 2. The fourth-order valence-corrected chi connectivity index (χ4v) is 3.61. The van der Waals surface area contributed by atoms with Gasteiger partial charge in [-0.2, -0.15) is 0 Å². The maximum atomic E-state index is 12.5. The zero-order chi connectivity index (χ0) is 14.5. The van der Waals surface area contributed by atoms with Crippen LogP contribution in [0.2, 0.25) is 0 Å². The fraction of sp³-hybridized carbons (Fsp3) is 0.714. The van der Waals surface area contributed by atoms with Crippen molar-refractivity contribution in [2.45, 2.75) is 26.3 Å². The van der Waals surface area contributed by atoms with E-state index in [0.717, 1.165) is 12.0 Å². The molecule has 0 bridgehead atoms. The molecular formula is C14H22N2O3S. The number of hydrogen-bond acceptors (Lipinski definition) is 4. The van der Waals surface area contributed by atoms with Crippen LogP contribution in [0.5, 0.6) is 0 Å². The van der Waals surface area contributed by atoms with E-state index in [1.165, 1.54) is 0 Å². The van der Waals surface area contributed by atoms with E-state index >= 15 is 0 Å². The highest BCUT2D eigenvalue weighted by molar-refractivity contribution is 7.99. The van der Waals surface area contributed by atoms with E-state index in [1.54, 1.807) is 16.7 Å². The summed E-state index contributed by atoms with van der Waals surface area (Å²) < 4.78 is 5.27. The molecular weight excluding hydrogens is 276 g/mol. The maximum Gasteiger partial charge on any atom is 0.250 e. The molecule has 1 unspecified atom stereocenters. The van der Waals surface area contributed by atoms with Crippen LogP contribution in [-0.4, -0.2) is 65.6 Å². The lowest BCUT2D eigenvalue weighted by Crippen LogP contribution is -2.52. The average Bonchev–Trinajstić information content (AvgIpc) is 2.96. The van der Waals surface area contributed by atoms with Crippen molar-refractivity contribution in [2.75, 3.05) is 37.9 Å². The third kappa shape index (κ3) is 3.35. The van der Waals surface area contributed by atoms with Crippen molar-refractivity contribution in [3.05, 3.63) is 11.6 Å². The largest absolute Gasteiger partial charge is 0.378 e. The highest BCUT2D eigenvalue weighted by atomic mass is 32.2. The van der Waals surface area contributed by atoms with E-state index in [4.69, 9.17) is 4.74 Å². The van der Waals surface area contributed by atoms with Gasteiger partial charge < -0.3 is 14.5 Å². The van der Waals surface area contributed by atoms with Crippen molar-refractivity contribution < 1.29 is 14.3 Å². The third-order valence-corrected chi connectivity index (χ3v) is 4.61. The van der Waals surface area contributed by atoms with Gasteiger partial charge >= 0.3 is 0 Å². The van der Waals surface area contributed by atoms with Crippen LogP contribution >= 0.6 is 11.8 Å². The number of nitrogens with zero attached hydrogens (tertiary/aromatic N) is 2. The van der Waals surface area contributed by atoms with Crippen LogP contribution in [0.15, 0.2) is 11.6 Å². The van der Waals surface area contributed by atoms with Crippen molar-refractivity contribution in [1.82, 2.24) is 9.80 Å². The summed E-state index contributed by atoms with van der Waals surface area (Å²) >= 11 is 1.65. The topological polar surface area (TPSA) is 49.9 Å².